The lowest BCUT2D eigenvalue weighted by atomic mass is 10.1. The van der Waals surface area contributed by atoms with E-state index in [0.717, 1.165) is 36.5 Å². The predicted octanol–water partition coefficient (Wildman–Crippen LogP) is 2.95. The Morgan fingerprint density at radius 2 is 2.29 bits per heavy atom. The van der Waals surface area contributed by atoms with Gasteiger partial charge in [-0.1, -0.05) is 12.1 Å². The number of para-hydroxylation sites is 1. The fraction of sp³-hybridized carbons (Fsp3) is 0.571. The molecule has 0 aliphatic carbocycles. The third-order valence-corrected chi connectivity index (χ3v) is 3.38. The van der Waals surface area contributed by atoms with Gasteiger partial charge in [-0.25, -0.2) is 0 Å². The normalized spacial score (nSPS) is 20.2. The van der Waals surface area contributed by atoms with Crippen LogP contribution >= 0.6 is 0 Å². The van der Waals surface area contributed by atoms with Gasteiger partial charge in [-0.3, -0.25) is 0 Å². The predicted molar refractivity (Wildman–Crippen MR) is 72.3 cm³/mol. The highest BCUT2D eigenvalue weighted by atomic mass is 16.5. The molecule has 1 fully saturated rings. The van der Waals surface area contributed by atoms with E-state index < -0.39 is 0 Å². The molecular weight excluding hydrogens is 212 g/mol. The Morgan fingerprint density at radius 1 is 1.41 bits per heavy atom. The van der Waals surface area contributed by atoms with E-state index >= 15 is 0 Å². The number of benzene rings is 1. The Morgan fingerprint density at radius 3 is 3.06 bits per heavy atom. The van der Waals surface area contributed by atoms with Crippen LogP contribution in [0.1, 0.15) is 31.2 Å². The molecule has 3 N–H and O–H groups in total. The summed E-state index contributed by atoms with van der Waals surface area (Å²) in [6.45, 7) is 3.89. The monoisotopic (exact) mass is 234 g/mol. The Balaban J connectivity index is 1.79. The first-order valence-electron chi connectivity index (χ1n) is 6.48. The Kier molecular flexibility index (Phi) is 4.26. The molecule has 1 saturated heterocycles. The first-order valence-corrected chi connectivity index (χ1v) is 6.48. The molecule has 1 aliphatic heterocycles. The van der Waals surface area contributed by atoms with Gasteiger partial charge in [-0.15, -0.1) is 0 Å². The van der Waals surface area contributed by atoms with Crippen molar-refractivity contribution in [3.8, 4) is 0 Å². The van der Waals surface area contributed by atoms with Gasteiger partial charge in [0.25, 0.3) is 0 Å². The number of aryl methyl sites for hydroxylation is 1. The minimum Gasteiger partial charge on any atom is -0.397 e. The smallest absolute Gasteiger partial charge is 0.0591 e. The van der Waals surface area contributed by atoms with Gasteiger partial charge in [-0.05, 0) is 44.2 Å². The van der Waals surface area contributed by atoms with E-state index in [1.54, 1.807) is 0 Å². The molecule has 1 aromatic rings. The fourth-order valence-corrected chi connectivity index (χ4v) is 2.24. The number of rotatable bonds is 4. The Hall–Kier alpha value is -1.22. The van der Waals surface area contributed by atoms with Crippen LogP contribution in [0.3, 0.4) is 0 Å². The van der Waals surface area contributed by atoms with E-state index in [0.29, 0.717) is 6.10 Å². The maximum atomic E-state index is 6.01. The molecule has 0 aromatic heterocycles. The van der Waals surface area contributed by atoms with Gasteiger partial charge in [-0.2, -0.15) is 0 Å². The standard InChI is InChI=1S/C14H22N2O/c1-11-5-4-7-13(14(11)15)16-9-8-12-6-2-3-10-17-12/h4-5,7,12,16H,2-3,6,8-10,15H2,1H3. The second-order valence-corrected chi connectivity index (χ2v) is 4.74. The molecule has 2 rings (SSSR count). The van der Waals surface area contributed by atoms with Crippen molar-refractivity contribution in [2.24, 2.45) is 0 Å². The zero-order valence-electron chi connectivity index (χ0n) is 10.5. The molecule has 0 amide bonds. The van der Waals surface area contributed by atoms with Crippen molar-refractivity contribution in [2.75, 3.05) is 24.2 Å². The largest absolute Gasteiger partial charge is 0.397 e. The highest BCUT2D eigenvalue weighted by molar-refractivity contribution is 5.69. The lowest BCUT2D eigenvalue weighted by molar-refractivity contribution is 0.0134. The third kappa shape index (κ3) is 3.37. The van der Waals surface area contributed by atoms with Gasteiger partial charge in [0.2, 0.25) is 0 Å². The number of nitrogens with one attached hydrogen (secondary N) is 1. The first kappa shape index (κ1) is 12.2. The average molecular weight is 234 g/mol. The van der Waals surface area contributed by atoms with Crippen molar-refractivity contribution < 1.29 is 4.74 Å². The lowest BCUT2D eigenvalue weighted by Gasteiger charge is -2.23. The van der Waals surface area contributed by atoms with Crippen molar-refractivity contribution >= 4 is 11.4 Å². The van der Waals surface area contributed by atoms with E-state index in [1.807, 2.05) is 25.1 Å². The first-order chi connectivity index (χ1) is 8.27. The zero-order valence-corrected chi connectivity index (χ0v) is 10.5. The van der Waals surface area contributed by atoms with Crippen LogP contribution in [0.2, 0.25) is 0 Å². The molecule has 0 saturated carbocycles. The van der Waals surface area contributed by atoms with Gasteiger partial charge in [0.05, 0.1) is 17.5 Å². The van der Waals surface area contributed by atoms with E-state index in [-0.39, 0.29) is 0 Å². The van der Waals surface area contributed by atoms with Crippen LogP contribution in [0.5, 0.6) is 0 Å². The summed E-state index contributed by atoms with van der Waals surface area (Å²) >= 11 is 0. The van der Waals surface area contributed by atoms with Crippen LogP contribution in [0, 0.1) is 6.92 Å². The minimum absolute atomic E-state index is 0.433. The quantitative estimate of drug-likeness (QED) is 0.787. The number of ether oxygens (including phenoxy) is 1. The average Bonchev–Trinajstić information content (AvgIpc) is 2.36. The van der Waals surface area contributed by atoms with Gasteiger partial charge < -0.3 is 15.8 Å². The molecule has 3 heteroatoms. The molecule has 1 heterocycles. The van der Waals surface area contributed by atoms with Crippen LogP contribution in [0.15, 0.2) is 18.2 Å². The Bertz CT molecular complexity index is 359. The molecule has 94 valence electrons. The topological polar surface area (TPSA) is 47.3 Å². The highest BCUT2D eigenvalue weighted by Gasteiger charge is 2.13. The maximum absolute atomic E-state index is 6.01. The van der Waals surface area contributed by atoms with Crippen LogP contribution in [0.4, 0.5) is 11.4 Å². The number of nitrogens with two attached hydrogens (primary N) is 1. The molecule has 1 atom stereocenters. The SMILES string of the molecule is Cc1cccc(NCCC2CCCCO2)c1N. The van der Waals surface area contributed by atoms with E-state index in [9.17, 15) is 0 Å². The summed E-state index contributed by atoms with van der Waals surface area (Å²) in [6, 6.07) is 6.10. The summed E-state index contributed by atoms with van der Waals surface area (Å²) in [4.78, 5) is 0. The highest BCUT2D eigenvalue weighted by Crippen LogP contribution is 2.22. The molecule has 0 bridgehead atoms. The summed E-state index contributed by atoms with van der Waals surface area (Å²) in [5, 5.41) is 3.40. The van der Waals surface area contributed by atoms with Crippen molar-refractivity contribution in [3.63, 3.8) is 0 Å². The molecule has 17 heavy (non-hydrogen) atoms. The second kappa shape index (κ2) is 5.92. The molecule has 1 aromatic carbocycles. The second-order valence-electron chi connectivity index (χ2n) is 4.74. The molecule has 0 radical (unpaired) electrons. The molecule has 1 unspecified atom stereocenters. The summed E-state index contributed by atoms with van der Waals surface area (Å²) in [7, 11) is 0. The molecule has 0 spiro atoms. The minimum atomic E-state index is 0.433. The molecule has 3 nitrogen and oxygen atoms in total. The van der Waals surface area contributed by atoms with Gasteiger partial charge in [0.15, 0.2) is 0 Å². The summed E-state index contributed by atoms with van der Waals surface area (Å²) < 4.78 is 5.70. The van der Waals surface area contributed by atoms with Crippen LogP contribution < -0.4 is 11.1 Å². The number of hydrogen-bond donors (Lipinski definition) is 2. The van der Waals surface area contributed by atoms with Crippen molar-refractivity contribution in [2.45, 2.75) is 38.7 Å². The summed E-state index contributed by atoms with van der Waals surface area (Å²) in [5.74, 6) is 0. The van der Waals surface area contributed by atoms with Crippen molar-refractivity contribution in [1.82, 2.24) is 0 Å². The van der Waals surface area contributed by atoms with Gasteiger partial charge in [0.1, 0.15) is 0 Å². The van der Waals surface area contributed by atoms with Crippen molar-refractivity contribution in [3.05, 3.63) is 23.8 Å². The van der Waals surface area contributed by atoms with Crippen LogP contribution in [-0.2, 0) is 4.74 Å². The van der Waals surface area contributed by atoms with Gasteiger partial charge >= 0.3 is 0 Å². The van der Waals surface area contributed by atoms with E-state index in [4.69, 9.17) is 10.5 Å². The van der Waals surface area contributed by atoms with E-state index in [1.165, 1.54) is 19.3 Å². The number of hydrogen-bond acceptors (Lipinski definition) is 3. The van der Waals surface area contributed by atoms with E-state index in [2.05, 4.69) is 5.32 Å². The van der Waals surface area contributed by atoms with Crippen molar-refractivity contribution in [1.29, 1.82) is 0 Å². The molecular formula is C14H22N2O. The lowest BCUT2D eigenvalue weighted by Crippen LogP contribution is -2.22. The summed E-state index contributed by atoms with van der Waals surface area (Å²) in [6.07, 6.45) is 5.21. The molecule has 1 aliphatic rings. The summed E-state index contributed by atoms with van der Waals surface area (Å²) in [5.41, 5.74) is 9.04. The zero-order chi connectivity index (χ0) is 12.1. The number of anilines is 2. The maximum Gasteiger partial charge on any atom is 0.0591 e. The van der Waals surface area contributed by atoms with Crippen LogP contribution in [0.25, 0.3) is 0 Å². The van der Waals surface area contributed by atoms with Gasteiger partial charge in [0, 0.05) is 13.2 Å². The Labute approximate surface area is 103 Å². The third-order valence-electron chi connectivity index (χ3n) is 3.38. The number of nitrogen functional groups attached to an aromatic ring is 1. The van der Waals surface area contributed by atoms with Crippen LogP contribution in [-0.4, -0.2) is 19.3 Å². The fourth-order valence-electron chi connectivity index (χ4n) is 2.24.